The Balaban J connectivity index is 1.26. The van der Waals surface area contributed by atoms with Crippen LogP contribution in [0, 0.1) is 18.2 Å². The summed E-state index contributed by atoms with van der Waals surface area (Å²) < 4.78 is 36.7. The van der Waals surface area contributed by atoms with Crippen molar-refractivity contribution in [1.29, 1.82) is 0 Å². The summed E-state index contributed by atoms with van der Waals surface area (Å²) in [6.45, 7) is 0.424. The molecule has 3 aromatic heterocycles. The first kappa shape index (κ1) is 21.7. The maximum absolute atomic E-state index is 14.5. The molecule has 2 saturated heterocycles. The van der Waals surface area contributed by atoms with E-state index in [0.29, 0.717) is 35.7 Å². The summed E-state index contributed by atoms with van der Waals surface area (Å²) in [5, 5.41) is 12.1. The van der Waals surface area contributed by atoms with E-state index in [-0.39, 0.29) is 24.8 Å². The van der Waals surface area contributed by atoms with Gasteiger partial charge in [0, 0.05) is 29.9 Å². The van der Waals surface area contributed by atoms with Gasteiger partial charge < -0.3 is 23.7 Å². The van der Waals surface area contributed by atoms with Gasteiger partial charge in [0.15, 0.2) is 6.29 Å². The number of benzene rings is 1. The zero-order valence-corrected chi connectivity index (χ0v) is 18.6. The number of furan rings is 1. The van der Waals surface area contributed by atoms with E-state index in [1.165, 1.54) is 12.1 Å². The summed E-state index contributed by atoms with van der Waals surface area (Å²) in [7, 11) is 0. The molecule has 0 spiro atoms. The number of terminal acetylenes is 1. The lowest BCUT2D eigenvalue weighted by Crippen LogP contribution is -2.40. The maximum atomic E-state index is 14.5. The third-order valence-corrected chi connectivity index (χ3v) is 6.35. The number of fused-ring (bicyclic) bond motifs is 3. The molecule has 5 heterocycles. The molecule has 2 bridgehead atoms. The molecule has 4 aromatic rings. The minimum absolute atomic E-state index is 0.00954. The quantitative estimate of drug-likeness (QED) is 0.433. The van der Waals surface area contributed by atoms with Gasteiger partial charge in [0.05, 0.1) is 42.1 Å². The first-order chi connectivity index (χ1) is 17.0. The Morgan fingerprint density at radius 1 is 1.17 bits per heavy atom. The van der Waals surface area contributed by atoms with Gasteiger partial charge >= 0.3 is 0 Å². The number of hydrogen-bond donors (Lipinski definition) is 1. The SMILES string of the molecule is C#Cc1cc(-c2ccoc2)c2ccc(OCc3cc(F)cc(C4(O)CC5COC(C4)O5)n3)cc2n1. The number of halogens is 1. The average Bonchev–Trinajstić information content (AvgIpc) is 3.51. The van der Waals surface area contributed by atoms with Gasteiger partial charge in [-0.3, -0.25) is 4.98 Å². The Bertz CT molecular complexity index is 1430. The highest BCUT2D eigenvalue weighted by Gasteiger charge is 2.46. The maximum Gasteiger partial charge on any atom is 0.161 e. The smallest absolute Gasteiger partial charge is 0.161 e. The molecule has 0 saturated carbocycles. The zero-order valence-electron chi connectivity index (χ0n) is 18.6. The topological polar surface area (TPSA) is 86.8 Å². The van der Waals surface area contributed by atoms with E-state index in [4.69, 9.17) is 25.1 Å². The first-order valence-corrected chi connectivity index (χ1v) is 11.2. The molecular weight excluding hydrogens is 451 g/mol. The summed E-state index contributed by atoms with van der Waals surface area (Å²) in [6.07, 6.45) is 8.63. The van der Waals surface area contributed by atoms with Crippen molar-refractivity contribution in [2.75, 3.05) is 6.61 Å². The highest BCUT2D eigenvalue weighted by Crippen LogP contribution is 2.40. The molecule has 0 amide bonds. The number of nitrogens with zero attached hydrogens (tertiary/aromatic N) is 2. The second-order valence-corrected chi connectivity index (χ2v) is 8.80. The van der Waals surface area contributed by atoms with Crippen LogP contribution in [0.1, 0.15) is 29.9 Å². The van der Waals surface area contributed by atoms with Crippen molar-refractivity contribution in [2.24, 2.45) is 0 Å². The van der Waals surface area contributed by atoms with E-state index in [1.54, 1.807) is 18.6 Å². The van der Waals surface area contributed by atoms with Gasteiger partial charge in [-0.15, -0.1) is 6.42 Å². The summed E-state index contributed by atoms with van der Waals surface area (Å²) in [6, 6.07) is 11.7. The van der Waals surface area contributed by atoms with Crippen LogP contribution in [0.4, 0.5) is 4.39 Å². The number of aromatic nitrogens is 2. The van der Waals surface area contributed by atoms with Crippen molar-refractivity contribution in [1.82, 2.24) is 9.97 Å². The molecule has 8 heteroatoms. The minimum atomic E-state index is -1.32. The van der Waals surface area contributed by atoms with Gasteiger partial charge in [-0.05, 0) is 42.0 Å². The summed E-state index contributed by atoms with van der Waals surface area (Å²) in [4.78, 5) is 9.02. The fourth-order valence-corrected chi connectivity index (χ4v) is 4.72. The molecule has 3 atom stereocenters. The highest BCUT2D eigenvalue weighted by atomic mass is 19.1. The van der Waals surface area contributed by atoms with Crippen LogP contribution in [0.2, 0.25) is 0 Å². The van der Waals surface area contributed by atoms with Crippen molar-refractivity contribution >= 4 is 10.9 Å². The van der Waals surface area contributed by atoms with E-state index < -0.39 is 17.7 Å². The number of rotatable bonds is 5. The van der Waals surface area contributed by atoms with E-state index in [0.717, 1.165) is 16.5 Å². The molecule has 0 radical (unpaired) electrons. The van der Waals surface area contributed by atoms with Crippen LogP contribution in [0.5, 0.6) is 5.75 Å². The zero-order chi connectivity index (χ0) is 24.0. The van der Waals surface area contributed by atoms with Gasteiger partial charge in [0.2, 0.25) is 0 Å². The van der Waals surface area contributed by atoms with E-state index in [2.05, 4.69) is 15.9 Å². The number of ether oxygens (including phenoxy) is 3. The molecule has 6 rings (SSSR count). The summed E-state index contributed by atoms with van der Waals surface area (Å²) in [5.41, 5.74) is 2.24. The van der Waals surface area contributed by atoms with Crippen LogP contribution in [0.25, 0.3) is 22.0 Å². The minimum Gasteiger partial charge on any atom is -0.487 e. The molecule has 3 unspecified atom stereocenters. The second kappa shape index (κ2) is 8.47. The standard InChI is InChI=1S/C27H21FN2O5/c1-2-18-9-23(16-5-6-32-13-16)22-4-3-20(10-24(22)29-18)33-14-19-7-17(28)8-25(30-19)27(31)11-21-15-34-26(12-27)35-21/h1,3-10,13,21,26,31H,11-12,14-15H2. The van der Waals surface area contributed by atoms with Gasteiger partial charge in [-0.2, -0.15) is 0 Å². The predicted octanol–water partition coefficient (Wildman–Crippen LogP) is 4.31. The number of aliphatic hydroxyl groups is 1. The van der Waals surface area contributed by atoms with Crippen LogP contribution in [-0.4, -0.2) is 34.1 Å². The molecule has 7 nitrogen and oxygen atoms in total. The summed E-state index contributed by atoms with van der Waals surface area (Å²) in [5.74, 6) is 2.61. The normalized spacial score (nSPS) is 23.3. The van der Waals surface area contributed by atoms with Gasteiger partial charge in [-0.25, -0.2) is 9.37 Å². The van der Waals surface area contributed by atoms with Crippen LogP contribution in [-0.2, 0) is 21.7 Å². The Morgan fingerprint density at radius 3 is 2.89 bits per heavy atom. The Kier molecular flexibility index (Phi) is 5.26. The molecule has 35 heavy (non-hydrogen) atoms. The van der Waals surface area contributed by atoms with E-state index >= 15 is 0 Å². The average molecular weight is 472 g/mol. The number of pyridine rings is 2. The number of hydrogen-bond acceptors (Lipinski definition) is 7. The molecule has 1 aromatic carbocycles. The van der Waals surface area contributed by atoms with Crippen molar-refractivity contribution in [3.63, 3.8) is 0 Å². The fourth-order valence-electron chi connectivity index (χ4n) is 4.72. The Morgan fingerprint density at radius 2 is 2.09 bits per heavy atom. The Labute approximate surface area is 200 Å². The molecule has 2 aliphatic rings. The van der Waals surface area contributed by atoms with E-state index in [9.17, 15) is 9.50 Å². The van der Waals surface area contributed by atoms with Crippen LogP contribution in [0.3, 0.4) is 0 Å². The van der Waals surface area contributed by atoms with Gasteiger partial charge in [-0.1, -0.05) is 5.92 Å². The highest BCUT2D eigenvalue weighted by molar-refractivity contribution is 5.95. The van der Waals surface area contributed by atoms with Gasteiger partial charge in [0.1, 0.15) is 29.5 Å². The Hall–Kier alpha value is -3.77. The van der Waals surface area contributed by atoms with Crippen molar-refractivity contribution in [2.45, 2.75) is 37.4 Å². The fraction of sp³-hybridized carbons (Fsp3) is 0.259. The van der Waals surface area contributed by atoms with Crippen LogP contribution in [0.15, 0.2) is 59.4 Å². The molecule has 2 aliphatic heterocycles. The summed E-state index contributed by atoms with van der Waals surface area (Å²) >= 11 is 0. The van der Waals surface area contributed by atoms with Crippen LogP contribution < -0.4 is 4.74 Å². The monoisotopic (exact) mass is 472 g/mol. The van der Waals surface area contributed by atoms with E-state index in [1.807, 2.05) is 24.3 Å². The van der Waals surface area contributed by atoms with Crippen molar-refractivity contribution in [3.05, 3.63) is 77.9 Å². The third-order valence-electron chi connectivity index (χ3n) is 6.35. The van der Waals surface area contributed by atoms with Crippen molar-refractivity contribution < 1.29 is 28.1 Å². The molecule has 2 fully saturated rings. The molecular formula is C27H21FN2O5. The molecule has 1 N–H and O–H groups in total. The lowest BCUT2D eigenvalue weighted by molar-refractivity contribution is -0.160. The molecule has 176 valence electrons. The van der Waals surface area contributed by atoms with Gasteiger partial charge in [0.25, 0.3) is 0 Å². The molecule has 0 aliphatic carbocycles. The first-order valence-electron chi connectivity index (χ1n) is 11.2. The van der Waals surface area contributed by atoms with Crippen LogP contribution >= 0.6 is 0 Å². The predicted molar refractivity (Wildman–Crippen MR) is 124 cm³/mol. The second-order valence-electron chi connectivity index (χ2n) is 8.80. The third kappa shape index (κ3) is 4.15. The largest absolute Gasteiger partial charge is 0.487 e. The van der Waals surface area contributed by atoms with Crippen molar-refractivity contribution in [3.8, 4) is 29.2 Å². The lowest BCUT2D eigenvalue weighted by Gasteiger charge is -2.34. The lowest BCUT2D eigenvalue weighted by atomic mass is 9.87.